The van der Waals surface area contributed by atoms with Crippen LogP contribution in [-0.2, 0) is 0 Å². The molecule has 1 amide bonds. The van der Waals surface area contributed by atoms with Gasteiger partial charge in [-0.1, -0.05) is 13.8 Å². The van der Waals surface area contributed by atoms with E-state index in [0.29, 0.717) is 18.0 Å². The molecule has 0 aliphatic carbocycles. The predicted molar refractivity (Wildman–Crippen MR) is 68.1 cm³/mol. The molecule has 17 heavy (non-hydrogen) atoms. The van der Waals surface area contributed by atoms with Crippen molar-refractivity contribution in [2.24, 2.45) is 11.7 Å². The summed E-state index contributed by atoms with van der Waals surface area (Å²) >= 11 is 0. The molecule has 1 unspecified atom stereocenters. The van der Waals surface area contributed by atoms with Crippen molar-refractivity contribution in [3.05, 3.63) is 29.8 Å². The summed E-state index contributed by atoms with van der Waals surface area (Å²) in [7, 11) is 1.60. The third kappa shape index (κ3) is 3.75. The largest absolute Gasteiger partial charge is 0.497 e. The number of benzene rings is 1. The summed E-state index contributed by atoms with van der Waals surface area (Å²) in [6.45, 7) is 4.51. The van der Waals surface area contributed by atoms with Gasteiger partial charge in [0.1, 0.15) is 5.75 Å². The number of amides is 1. The minimum absolute atomic E-state index is 0.00426. The monoisotopic (exact) mass is 236 g/mol. The fourth-order valence-corrected chi connectivity index (χ4v) is 1.49. The lowest BCUT2D eigenvalue weighted by atomic mass is 10.0. The van der Waals surface area contributed by atoms with Gasteiger partial charge in [-0.05, 0) is 30.2 Å². The van der Waals surface area contributed by atoms with Crippen LogP contribution in [0.2, 0.25) is 0 Å². The predicted octanol–water partition coefficient (Wildman–Crippen LogP) is 1.41. The van der Waals surface area contributed by atoms with Gasteiger partial charge < -0.3 is 15.8 Å². The van der Waals surface area contributed by atoms with Crippen molar-refractivity contribution in [2.75, 3.05) is 13.7 Å². The number of nitrogens with one attached hydrogen (secondary N) is 1. The highest BCUT2D eigenvalue weighted by Gasteiger charge is 2.15. The molecule has 0 heterocycles. The number of carbonyl (C=O) groups excluding carboxylic acids is 1. The van der Waals surface area contributed by atoms with Crippen molar-refractivity contribution in [1.82, 2.24) is 5.32 Å². The first-order valence-electron chi connectivity index (χ1n) is 5.73. The fourth-order valence-electron chi connectivity index (χ4n) is 1.49. The van der Waals surface area contributed by atoms with Gasteiger partial charge in [0.25, 0.3) is 5.91 Å². The summed E-state index contributed by atoms with van der Waals surface area (Å²) in [5.41, 5.74) is 6.23. The molecule has 1 aromatic carbocycles. The normalized spacial score (nSPS) is 12.3. The van der Waals surface area contributed by atoms with Crippen molar-refractivity contribution in [2.45, 2.75) is 19.9 Å². The Hall–Kier alpha value is -1.55. The maximum atomic E-state index is 11.9. The van der Waals surface area contributed by atoms with Crippen LogP contribution in [-0.4, -0.2) is 25.6 Å². The van der Waals surface area contributed by atoms with Gasteiger partial charge in [-0.3, -0.25) is 4.79 Å². The first-order chi connectivity index (χ1) is 8.08. The van der Waals surface area contributed by atoms with Gasteiger partial charge in [0, 0.05) is 18.2 Å². The summed E-state index contributed by atoms with van der Waals surface area (Å²) in [5, 5.41) is 2.92. The van der Waals surface area contributed by atoms with Crippen LogP contribution in [0.15, 0.2) is 24.3 Å². The Morgan fingerprint density at radius 3 is 2.35 bits per heavy atom. The molecule has 1 atom stereocenters. The van der Waals surface area contributed by atoms with Crippen molar-refractivity contribution in [1.29, 1.82) is 0 Å². The molecule has 4 heteroatoms. The zero-order valence-electron chi connectivity index (χ0n) is 10.6. The molecule has 0 aliphatic heterocycles. The summed E-state index contributed by atoms with van der Waals surface area (Å²) in [5.74, 6) is 0.958. The molecule has 4 nitrogen and oxygen atoms in total. The Kier molecular flexibility index (Phi) is 4.97. The lowest BCUT2D eigenvalue weighted by Crippen LogP contribution is -2.43. The van der Waals surface area contributed by atoms with E-state index in [9.17, 15) is 4.79 Å². The zero-order chi connectivity index (χ0) is 12.8. The molecular formula is C13H20N2O2. The second-order valence-corrected chi connectivity index (χ2v) is 4.29. The molecule has 0 aliphatic rings. The first kappa shape index (κ1) is 13.5. The van der Waals surface area contributed by atoms with Crippen LogP contribution in [0.1, 0.15) is 24.2 Å². The molecule has 0 radical (unpaired) electrons. The van der Waals surface area contributed by atoms with E-state index >= 15 is 0 Å². The van der Waals surface area contributed by atoms with E-state index in [1.54, 1.807) is 31.4 Å². The molecule has 0 bridgehead atoms. The Morgan fingerprint density at radius 1 is 1.35 bits per heavy atom. The number of methoxy groups -OCH3 is 1. The first-order valence-corrected chi connectivity index (χ1v) is 5.73. The smallest absolute Gasteiger partial charge is 0.251 e. The van der Waals surface area contributed by atoms with E-state index in [2.05, 4.69) is 5.32 Å². The standard InChI is InChI=1S/C13H20N2O2/c1-9(2)12(8-14)15-13(16)10-4-6-11(17-3)7-5-10/h4-7,9,12H,8,14H2,1-3H3,(H,15,16). The molecular weight excluding hydrogens is 216 g/mol. The van der Waals surface area contributed by atoms with E-state index in [-0.39, 0.29) is 11.9 Å². The molecule has 1 aromatic rings. The quantitative estimate of drug-likeness (QED) is 0.812. The number of carbonyl (C=O) groups is 1. The number of hydrogen-bond acceptors (Lipinski definition) is 3. The molecule has 0 aromatic heterocycles. The van der Waals surface area contributed by atoms with Crippen molar-refractivity contribution in [3.63, 3.8) is 0 Å². The summed E-state index contributed by atoms with van der Waals surface area (Å²) < 4.78 is 5.04. The Morgan fingerprint density at radius 2 is 1.94 bits per heavy atom. The fraction of sp³-hybridized carbons (Fsp3) is 0.462. The van der Waals surface area contributed by atoms with Crippen LogP contribution >= 0.6 is 0 Å². The van der Waals surface area contributed by atoms with E-state index < -0.39 is 0 Å². The number of nitrogens with two attached hydrogens (primary N) is 1. The van der Waals surface area contributed by atoms with E-state index in [0.717, 1.165) is 5.75 Å². The van der Waals surface area contributed by atoms with Crippen molar-refractivity contribution in [3.8, 4) is 5.75 Å². The van der Waals surface area contributed by atoms with Crippen molar-refractivity contribution < 1.29 is 9.53 Å². The SMILES string of the molecule is COc1ccc(C(=O)NC(CN)C(C)C)cc1. The van der Waals surface area contributed by atoms with Crippen LogP contribution in [0.4, 0.5) is 0 Å². The van der Waals surface area contributed by atoms with Crippen LogP contribution in [0, 0.1) is 5.92 Å². The van der Waals surface area contributed by atoms with Gasteiger partial charge in [0.05, 0.1) is 7.11 Å². The highest BCUT2D eigenvalue weighted by Crippen LogP contribution is 2.11. The summed E-state index contributed by atoms with van der Waals surface area (Å²) in [6.07, 6.45) is 0. The molecule has 0 spiro atoms. The number of hydrogen-bond donors (Lipinski definition) is 2. The minimum Gasteiger partial charge on any atom is -0.497 e. The number of ether oxygens (including phenoxy) is 1. The van der Waals surface area contributed by atoms with Crippen molar-refractivity contribution >= 4 is 5.91 Å². The zero-order valence-corrected chi connectivity index (χ0v) is 10.6. The lowest BCUT2D eigenvalue weighted by Gasteiger charge is -2.20. The maximum absolute atomic E-state index is 11.9. The van der Waals surface area contributed by atoms with Gasteiger partial charge in [0.15, 0.2) is 0 Å². The molecule has 1 rings (SSSR count). The summed E-state index contributed by atoms with van der Waals surface area (Å²) in [4.78, 5) is 11.9. The van der Waals surface area contributed by atoms with Crippen LogP contribution < -0.4 is 15.8 Å². The van der Waals surface area contributed by atoms with Gasteiger partial charge in [0.2, 0.25) is 0 Å². The second kappa shape index (κ2) is 6.25. The van der Waals surface area contributed by atoms with Gasteiger partial charge >= 0.3 is 0 Å². The van der Waals surface area contributed by atoms with Gasteiger partial charge in [-0.2, -0.15) is 0 Å². The topological polar surface area (TPSA) is 64.3 Å². The van der Waals surface area contributed by atoms with Gasteiger partial charge in [-0.25, -0.2) is 0 Å². The van der Waals surface area contributed by atoms with E-state index in [4.69, 9.17) is 10.5 Å². The highest BCUT2D eigenvalue weighted by molar-refractivity contribution is 5.94. The maximum Gasteiger partial charge on any atom is 0.251 e. The Labute approximate surface area is 102 Å². The second-order valence-electron chi connectivity index (χ2n) is 4.29. The lowest BCUT2D eigenvalue weighted by molar-refractivity contribution is 0.0927. The van der Waals surface area contributed by atoms with Gasteiger partial charge in [-0.15, -0.1) is 0 Å². The van der Waals surface area contributed by atoms with Crippen LogP contribution in [0.5, 0.6) is 5.75 Å². The van der Waals surface area contributed by atoms with E-state index in [1.807, 2.05) is 13.8 Å². The Bertz CT molecular complexity index is 360. The molecule has 0 saturated heterocycles. The summed E-state index contributed by atoms with van der Waals surface area (Å²) in [6, 6.07) is 7.01. The average Bonchev–Trinajstić information content (AvgIpc) is 2.35. The molecule has 3 N–H and O–H groups in total. The van der Waals surface area contributed by atoms with Crippen LogP contribution in [0.25, 0.3) is 0 Å². The molecule has 0 fully saturated rings. The minimum atomic E-state index is -0.100. The molecule has 94 valence electrons. The van der Waals surface area contributed by atoms with E-state index in [1.165, 1.54) is 0 Å². The number of rotatable bonds is 5. The Balaban J connectivity index is 2.68. The highest BCUT2D eigenvalue weighted by atomic mass is 16.5. The molecule has 0 saturated carbocycles. The van der Waals surface area contributed by atoms with Crippen LogP contribution in [0.3, 0.4) is 0 Å². The third-order valence-electron chi connectivity index (χ3n) is 2.73. The average molecular weight is 236 g/mol. The third-order valence-corrected chi connectivity index (χ3v) is 2.73.